The summed E-state index contributed by atoms with van der Waals surface area (Å²) >= 11 is 0. The second-order valence-electron chi connectivity index (χ2n) is 2.12. The van der Waals surface area contributed by atoms with Crippen molar-refractivity contribution in [2.45, 2.75) is 12.5 Å². The van der Waals surface area contributed by atoms with Crippen molar-refractivity contribution >= 4 is 5.78 Å². The summed E-state index contributed by atoms with van der Waals surface area (Å²) in [6.45, 7) is -0.219. The van der Waals surface area contributed by atoms with E-state index in [9.17, 15) is 4.79 Å². The molecule has 0 aliphatic carbocycles. The number of aliphatic hydroxyl groups is 3. The van der Waals surface area contributed by atoms with Crippen molar-refractivity contribution < 1.29 is 24.9 Å². The summed E-state index contributed by atoms with van der Waals surface area (Å²) in [7, 11) is 1.28. The number of rotatable bonds is 5. The van der Waals surface area contributed by atoms with Gasteiger partial charge in [0, 0.05) is 20.1 Å². The molecule has 12 heavy (non-hydrogen) atoms. The smallest absolute Gasteiger partial charge is 0.229 e. The summed E-state index contributed by atoms with van der Waals surface area (Å²) in [5.74, 6) is -1.51. The highest BCUT2D eigenvalue weighted by Crippen LogP contribution is 2.03. The Morgan fingerprint density at radius 1 is 1.67 bits per heavy atom. The summed E-state index contributed by atoms with van der Waals surface area (Å²) < 4.78 is 4.65. The topological polar surface area (TPSA) is 87.0 Å². The van der Waals surface area contributed by atoms with Gasteiger partial charge >= 0.3 is 0 Å². The molecule has 0 heterocycles. The second kappa shape index (κ2) is 5.56. The first kappa shape index (κ1) is 10.9. The molecule has 0 rings (SSSR count). The fraction of sp³-hybridized carbons (Fsp3) is 0.571. The predicted molar refractivity (Wildman–Crippen MR) is 40.8 cm³/mol. The van der Waals surface area contributed by atoms with E-state index in [0.29, 0.717) is 6.26 Å². The molecule has 0 radical (unpaired) electrons. The highest BCUT2D eigenvalue weighted by atomic mass is 16.5. The van der Waals surface area contributed by atoms with Gasteiger partial charge in [0.1, 0.15) is 12.4 Å². The van der Waals surface area contributed by atoms with Crippen LogP contribution < -0.4 is 0 Å². The van der Waals surface area contributed by atoms with Gasteiger partial charge in [-0.15, -0.1) is 0 Å². The van der Waals surface area contributed by atoms with Gasteiger partial charge in [0.25, 0.3) is 0 Å². The zero-order valence-corrected chi connectivity index (χ0v) is 6.73. The van der Waals surface area contributed by atoms with Crippen LogP contribution in [0, 0.1) is 0 Å². The fourth-order valence-corrected chi connectivity index (χ4v) is 0.702. The van der Waals surface area contributed by atoms with Gasteiger partial charge in [-0.05, 0) is 0 Å². The Morgan fingerprint density at radius 2 is 2.25 bits per heavy atom. The maximum absolute atomic E-state index is 11.0. The van der Waals surface area contributed by atoms with E-state index in [-0.39, 0.29) is 13.0 Å². The van der Waals surface area contributed by atoms with Crippen LogP contribution in [0.3, 0.4) is 0 Å². The zero-order chi connectivity index (χ0) is 9.56. The number of Topliss-reactive ketones (excluding diaryl/α,β-unsaturated/α-hetero) is 1. The van der Waals surface area contributed by atoms with Gasteiger partial charge in [0.2, 0.25) is 5.78 Å². The Balaban J connectivity index is 4.21. The summed E-state index contributed by atoms with van der Waals surface area (Å²) in [6.07, 6.45) is -0.516. The molecule has 0 aromatic rings. The van der Waals surface area contributed by atoms with Crippen molar-refractivity contribution in [1.82, 2.24) is 0 Å². The molecule has 0 saturated heterocycles. The molecule has 1 atom stereocenters. The van der Waals surface area contributed by atoms with Crippen molar-refractivity contribution in [1.29, 1.82) is 0 Å². The standard InChI is InChI=1S/C7H12O5/c1-12-6(2-3-8)7(11)5(10)4-9/h4,6,8-10H,2-3H2,1H3. The maximum atomic E-state index is 11.0. The molecular weight excluding hydrogens is 164 g/mol. The lowest BCUT2D eigenvalue weighted by molar-refractivity contribution is -0.128. The summed E-state index contributed by atoms with van der Waals surface area (Å²) in [5.41, 5.74) is 0. The molecule has 0 aromatic heterocycles. The highest BCUT2D eigenvalue weighted by Gasteiger charge is 2.20. The van der Waals surface area contributed by atoms with Gasteiger partial charge in [-0.1, -0.05) is 0 Å². The van der Waals surface area contributed by atoms with E-state index in [1.165, 1.54) is 7.11 Å². The lowest BCUT2D eigenvalue weighted by Crippen LogP contribution is -2.25. The first-order valence-corrected chi connectivity index (χ1v) is 3.38. The number of carbonyl (C=O) groups excluding carboxylic acids is 1. The molecule has 0 saturated carbocycles. The van der Waals surface area contributed by atoms with Crippen LogP contribution >= 0.6 is 0 Å². The number of methoxy groups -OCH3 is 1. The largest absolute Gasteiger partial charge is 0.512 e. The zero-order valence-electron chi connectivity index (χ0n) is 6.73. The third-order valence-corrected chi connectivity index (χ3v) is 1.34. The third kappa shape index (κ3) is 2.89. The van der Waals surface area contributed by atoms with E-state index < -0.39 is 17.6 Å². The van der Waals surface area contributed by atoms with Crippen LogP contribution in [-0.2, 0) is 9.53 Å². The van der Waals surface area contributed by atoms with Crippen LogP contribution in [0.25, 0.3) is 0 Å². The normalized spacial score (nSPS) is 14.3. The first-order valence-electron chi connectivity index (χ1n) is 3.38. The SMILES string of the molecule is COC(CCO)C(=O)C(O)=CO. The molecule has 0 spiro atoms. The number of ketones is 1. The number of hydrogen-bond acceptors (Lipinski definition) is 5. The molecule has 5 nitrogen and oxygen atoms in total. The van der Waals surface area contributed by atoms with Crippen LogP contribution in [-0.4, -0.2) is 40.9 Å². The summed E-state index contributed by atoms with van der Waals surface area (Å²) in [4.78, 5) is 11.0. The number of hydrogen-bond donors (Lipinski definition) is 3. The molecule has 0 fully saturated rings. The van der Waals surface area contributed by atoms with Crippen LogP contribution in [0.15, 0.2) is 12.0 Å². The van der Waals surface area contributed by atoms with Gasteiger partial charge < -0.3 is 20.1 Å². The van der Waals surface area contributed by atoms with Gasteiger partial charge in [-0.3, -0.25) is 4.79 Å². The van der Waals surface area contributed by atoms with Crippen molar-refractivity contribution in [3.8, 4) is 0 Å². The van der Waals surface area contributed by atoms with E-state index in [1.54, 1.807) is 0 Å². The molecule has 0 aliphatic heterocycles. The Hall–Kier alpha value is -1.07. The number of carbonyl (C=O) groups is 1. The van der Waals surface area contributed by atoms with Crippen molar-refractivity contribution in [3.63, 3.8) is 0 Å². The van der Waals surface area contributed by atoms with Crippen molar-refractivity contribution in [3.05, 3.63) is 12.0 Å². The van der Waals surface area contributed by atoms with Gasteiger partial charge in [-0.2, -0.15) is 0 Å². The van der Waals surface area contributed by atoms with Gasteiger partial charge in [0.15, 0.2) is 5.76 Å². The average Bonchev–Trinajstić information content (AvgIpc) is 2.11. The molecule has 70 valence electrons. The van der Waals surface area contributed by atoms with E-state index in [4.69, 9.17) is 15.3 Å². The van der Waals surface area contributed by atoms with Gasteiger partial charge in [-0.25, -0.2) is 0 Å². The van der Waals surface area contributed by atoms with E-state index >= 15 is 0 Å². The monoisotopic (exact) mass is 176 g/mol. The van der Waals surface area contributed by atoms with E-state index in [2.05, 4.69) is 4.74 Å². The molecule has 0 aromatic carbocycles. The average molecular weight is 176 g/mol. The van der Waals surface area contributed by atoms with Gasteiger partial charge in [0.05, 0.1) is 0 Å². The predicted octanol–water partition coefficient (Wildman–Crippen LogP) is -0.0897. The summed E-state index contributed by atoms with van der Waals surface area (Å²) in [5, 5.41) is 25.5. The Bertz CT molecular complexity index is 175. The van der Waals surface area contributed by atoms with Crippen molar-refractivity contribution in [2.24, 2.45) is 0 Å². The van der Waals surface area contributed by atoms with E-state index in [0.717, 1.165) is 0 Å². The molecule has 5 heteroatoms. The fourth-order valence-electron chi connectivity index (χ4n) is 0.702. The molecule has 3 N–H and O–H groups in total. The maximum Gasteiger partial charge on any atom is 0.229 e. The minimum atomic E-state index is -0.904. The second-order valence-corrected chi connectivity index (χ2v) is 2.12. The Labute approximate surface area is 69.9 Å². The van der Waals surface area contributed by atoms with E-state index in [1.807, 2.05) is 0 Å². The van der Waals surface area contributed by atoms with Crippen LogP contribution in [0.2, 0.25) is 0 Å². The Kier molecular flexibility index (Phi) is 5.07. The molecule has 0 aliphatic rings. The minimum absolute atomic E-state index is 0.0905. The molecule has 1 unspecified atom stereocenters. The lowest BCUT2D eigenvalue weighted by atomic mass is 10.1. The lowest BCUT2D eigenvalue weighted by Gasteiger charge is -2.10. The number of ether oxygens (including phenoxy) is 1. The molecule has 0 amide bonds. The van der Waals surface area contributed by atoms with Crippen LogP contribution in [0.4, 0.5) is 0 Å². The molecule has 0 bridgehead atoms. The molecular formula is C7H12O5. The van der Waals surface area contributed by atoms with Crippen LogP contribution in [0.5, 0.6) is 0 Å². The third-order valence-electron chi connectivity index (χ3n) is 1.34. The summed E-state index contributed by atoms with van der Waals surface area (Å²) in [6, 6.07) is 0. The minimum Gasteiger partial charge on any atom is -0.512 e. The van der Waals surface area contributed by atoms with Crippen LogP contribution in [0.1, 0.15) is 6.42 Å². The first-order chi connectivity index (χ1) is 5.67. The number of aliphatic hydroxyl groups excluding tert-OH is 3. The van der Waals surface area contributed by atoms with Crippen molar-refractivity contribution in [2.75, 3.05) is 13.7 Å². The quantitative estimate of drug-likeness (QED) is 0.402. The Morgan fingerprint density at radius 3 is 2.58 bits per heavy atom. The highest BCUT2D eigenvalue weighted by molar-refractivity contribution is 5.96.